The molecule has 0 spiro atoms. The first-order valence-electron chi connectivity index (χ1n) is 21.1. The minimum Gasteiger partial charge on any atom is -0.471 e. The molecule has 64 heavy (non-hydrogen) atoms. The van der Waals surface area contributed by atoms with Crippen molar-refractivity contribution in [3.63, 3.8) is 0 Å². The number of aromatic nitrogens is 2. The van der Waals surface area contributed by atoms with Crippen LogP contribution in [0.3, 0.4) is 0 Å². The Morgan fingerprint density at radius 3 is 2.30 bits per heavy atom. The molecular weight excluding hydrogens is 886 g/mol. The van der Waals surface area contributed by atoms with Crippen LogP contribution in [0.4, 0.5) is 35.5 Å². The molecule has 2 bridgehead atoms. The highest BCUT2D eigenvalue weighted by molar-refractivity contribution is 7.91. The van der Waals surface area contributed by atoms with Gasteiger partial charge in [-0.3, -0.25) is 19.1 Å². The van der Waals surface area contributed by atoms with E-state index in [2.05, 4.69) is 25.3 Å². The Hall–Kier alpha value is -4.70. The minimum atomic E-state index is -5.12. The van der Waals surface area contributed by atoms with E-state index in [1.807, 2.05) is 4.72 Å². The van der Waals surface area contributed by atoms with Gasteiger partial charge in [-0.2, -0.15) is 8.78 Å². The number of ether oxygens (including phenoxy) is 3. The van der Waals surface area contributed by atoms with Gasteiger partial charge in [-0.25, -0.2) is 32.0 Å². The molecule has 2 aromatic rings. The van der Waals surface area contributed by atoms with Gasteiger partial charge in [0.1, 0.15) is 35.6 Å². The van der Waals surface area contributed by atoms with Gasteiger partial charge in [-0.05, 0) is 75.8 Å². The number of carbonyl (C=O) groups is 4. The van der Waals surface area contributed by atoms with E-state index in [1.165, 1.54) is 27.7 Å². The number of fused-ring (bicyclic) bond motifs is 5. The summed E-state index contributed by atoms with van der Waals surface area (Å²) in [6.45, 7) is 9.89. The first-order valence-corrected chi connectivity index (χ1v) is 22.6. The second-order valence-corrected chi connectivity index (χ2v) is 21.0. The largest absolute Gasteiger partial charge is 0.573 e. The number of halogens is 7. The van der Waals surface area contributed by atoms with Crippen LogP contribution in [-0.4, -0.2) is 101 Å². The fraction of sp³-hybridized carbons (Fsp3) is 0.707. The van der Waals surface area contributed by atoms with Crippen molar-refractivity contribution in [3.8, 4) is 11.6 Å². The van der Waals surface area contributed by atoms with Crippen molar-refractivity contribution in [1.29, 1.82) is 0 Å². The predicted molar refractivity (Wildman–Crippen MR) is 213 cm³/mol. The van der Waals surface area contributed by atoms with Gasteiger partial charge < -0.3 is 29.7 Å². The maximum Gasteiger partial charge on any atom is 0.573 e. The molecule has 2 aliphatic carbocycles. The highest BCUT2D eigenvalue weighted by atomic mass is 32.2. The standard InChI is InChI=1S/C41H53F7N6O9S/c1-8-22-27-19-54(28(22)32(55)52-39(18-23(39)31(42)43)35(57)53-64(59,60)38(6,7)9-2)34(56)30(37(3,4)5)51-36(58)62-26-16-20(26)12-10-11-15-40(44,45)29-33(61-27)50-25-17-21(63-41(46,47)48)13-14-24(25)49-29/h13-14,17,20,22-23,26-28,30-31H,8-12,15-16,18-19H2,1-7H3,(H,51,58)(H,52,55)(H,53,57)/t20-,22-,23+,26-,27+,28+,30-,39-/m1/s1. The Morgan fingerprint density at radius 1 is 1.02 bits per heavy atom. The van der Waals surface area contributed by atoms with Crippen LogP contribution >= 0.6 is 0 Å². The molecule has 23 heteroatoms. The van der Waals surface area contributed by atoms with Crippen molar-refractivity contribution in [2.24, 2.45) is 23.2 Å². The molecule has 1 saturated heterocycles. The molecule has 2 saturated carbocycles. The van der Waals surface area contributed by atoms with Crippen molar-refractivity contribution in [2.75, 3.05) is 6.54 Å². The number of sulfonamides is 1. The van der Waals surface area contributed by atoms with Gasteiger partial charge in [-0.1, -0.05) is 41.0 Å². The van der Waals surface area contributed by atoms with Crippen LogP contribution in [-0.2, 0) is 35.1 Å². The lowest BCUT2D eigenvalue weighted by Gasteiger charge is -2.36. The van der Waals surface area contributed by atoms with Crippen LogP contribution in [0.15, 0.2) is 18.2 Å². The van der Waals surface area contributed by atoms with Gasteiger partial charge in [0.15, 0.2) is 5.69 Å². The van der Waals surface area contributed by atoms with E-state index >= 15 is 8.78 Å². The smallest absolute Gasteiger partial charge is 0.471 e. The van der Waals surface area contributed by atoms with E-state index in [4.69, 9.17) is 9.47 Å². The van der Waals surface area contributed by atoms with Crippen LogP contribution < -0.4 is 24.8 Å². The fourth-order valence-electron chi connectivity index (χ4n) is 8.26. The second-order valence-electron chi connectivity index (χ2n) is 18.7. The molecule has 3 fully saturated rings. The Morgan fingerprint density at radius 2 is 1.70 bits per heavy atom. The van der Waals surface area contributed by atoms with Crippen LogP contribution in [0.2, 0.25) is 0 Å². The number of amides is 4. The molecule has 1 aromatic carbocycles. The third-order valence-corrected chi connectivity index (χ3v) is 14.9. The molecule has 8 atom stereocenters. The third kappa shape index (κ3) is 10.1. The molecule has 0 radical (unpaired) electrons. The summed E-state index contributed by atoms with van der Waals surface area (Å²) < 4.78 is 144. The second kappa shape index (κ2) is 17.3. The minimum absolute atomic E-state index is 0.0153. The van der Waals surface area contributed by atoms with E-state index in [-0.39, 0.29) is 36.2 Å². The maximum absolute atomic E-state index is 16.4. The summed E-state index contributed by atoms with van der Waals surface area (Å²) in [5, 5.41) is 4.91. The summed E-state index contributed by atoms with van der Waals surface area (Å²) in [6.07, 6.45) is -11.7. The zero-order valence-corrected chi connectivity index (χ0v) is 37.1. The molecule has 0 unspecified atom stereocenters. The van der Waals surface area contributed by atoms with Crippen molar-refractivity contribution < 1.29 is 72.5 Å². The van der Waals surface area contributed by atoms with Crippen molar-refractivity contribution >= 4 is 44.9 Å². The average molecular weight is 939 g/mol. The van der Waals surface area contributed by atoms with E-state index < -0.39 is 141 Å². The van der Waals surface area contributed by atoms with Crippen molar-refractivity contribution in [3.05, 3.63) is 23.9 Å². The molecule has 6 rings (SSSR count). The number of alkyl halides is 7. The summed E-state index contributed by atoms with van der Waals surface area (Å²) in [7, 11) is -4.50. The summed E-state index contributed by atoms with van der Waals surface area (Å²) in [6, 6.07) is -0.485. The lowest BCUT2D eigenvalue weighted by atomic mass is 9.85. The Bertz CT molecular complexity index is 2260. The number of nitrogens with zero attached hydrogens (tertiary/aromatic N) is 3. The molecule has 356 valence electrons. The van der Waals surface area contributed by atoms with E-state index in [0.717, 1.165) is 23.1 Å². The van der Waals surface area contributed by atoms with Crippen LogP contribution in [0.25, 0.3) is 11.0 Å². The maximum atomic E-state index is 16.4. The normalized spacial score (nSPS) is 29.0. The number of nitrogens with one attached hydrogen (secondary N) is 3. The van der Waals surface area contributed by atoms with Gasteiger partial charge in [-0.15, -0.1) is 13.2 Å². The van der Waals surface area contributed by atoms with Gasteiger partial charge in [0.25, 0.3) is 11.8 Å². The zero-order chi connectivity index (χ0) is 47.5. The van der Waals surface area contributed by atoms with Crippen molar-refractivity contribution in [2.45, 2.75) is 153 Å². The molecule has 1 aromatic heterocycles. The number of rotatable bonds is 9. The highest BCUT2D eigenvalue weighted by Crippen LogP contribution is 2.49. The Kier molecular flexibility index (Phi) is 13.1. The molecule has 4 aliphatic rings. The van der Waals surface area contributed by atoms with Gasteiger partial charge in [0.05, 0.1) is 28.2 Å². The quantitative estimate of drug-likeness (QED) is 0.233. The number of carbonyl (C=O) groups excluding carboxylic acids is 4. The molecule has 3 N–H and O–H groups in total. The lowest BCUT2D eigenvalue weighted by molar-refractivity contribution is -0.274. The van der Waals surface area contributed by atoms with Gasteiger partial charge >= 0.3 is 12.5 Å². The molecule has 4 amide bonds. The van der Waals surface area contributed by atoms with E-state index in [0.29, 0.717) is 19.3 Å². The number of hydrogen-bond donors (Lipinski definition) is 3. The van der Waals surface area contributed by atoms with Gasteiger partial charge in [0, 0.05) is 18.4 Å². The van der Waals surface area contributed by atoms with Crippen LogP contribution in [0, 0.1) is 23.2 Å². The Balaban J connectivity index is 1.46. The topological polar surface area (TPSA) is 195 Å². The molecule has 3 heterocycles. The molecule has 2 aliphatic heterocycles. The monoisotopic (exact) mass is 938 g/mol. The van der Waals surface area contributed by atoms with E-state index in [1.54, 1.807) is 20.8 Å². The molecule has 15 nitrogen and oxygen atoms in total. The summed E-state index contributed by atoms with van der Waals surface area (Å²) in [5.41, 5.74) is -5.14. The Labute approximate surface area is 365 Å². The average Bonchev–Trinajstić information content (AvgIpc) is 4.07. The van der Waals surface area contributed by atoms with E-state index in [9.17, 15) is 49.5 Å². The number of alkyl carbamates (subject to hydrolysis) is 1. The first kappa shape index (κ1) is 48.7. The zero-order valence-electron chi connectivity index (χ0n) is 36.3. The van der Waals surface area contributed by atoms with Crippen molar-refractivity contribution in [1.82, 2.24) is 30.2 Å². The first-order chi connectivity index (χ1) is 29.5. The summed E-state index contributed by atoms with van der Waals surface area (Å²) in [5.74, 6) is -12.1. The summed E-state index contributed by atoms with van der Waals surface area (Å²) >= 11 is 0. The lowest BCUT2D eigenvalue weighted by Crippen LogP contribution is -2.61. The SMILES string of the molecule is CC[C@@H]1[C@@H]2CN(C(=O)[C@H](C(C)(C)C)NC(=O)O[C@@H]3C[C@H]3CCCCC(F)(F)c3nc4ccc(OC(F)(F)F)cc4nc3O2)[C@@H]1C(=O)N[C@]1(C(=O)NS(=O)(=O)C(C)(C)CC)C[C@H]1C(F)F. The van der Waals surface area contributed by atoms with Crippen LogP contribution in [0.5, 0.6) is 11.6 Å². The number of benzene rings is 1. The highest BCUT2D eigenvalue weighted by Gasteiger charge is 2.67. The number of hydrogen-bond acceptors (Lipinski definition) is 11. The fourth-order valence-corrected chi connectivity index (χ4v) is 9.34. The summed E-state index contributed by atoms with van der Waals surface area (Å²) in [4.78, 5) is 65.8. The molecular formula is C41H53F7N6O9S. The van der Waals surface area contributed by atoms with Gasteiger partial charge in [0.2, 0.25) is 34.1 Å². The van der Waals surface area contributed by atoms with Crippen LogP contribution in [0.1, 0.15) is 106 Å². The predicted octanol–water partition coefficient (Wildman–Crippen LogP) is 6.48. The third-order valence-electron chi connectivity index (χ3n) is 12.7.